The topological polar surface area (TPSA) is 52.0 Å². The normalized spacial score (nSPS) is 48.0. The largest absolute Gasteiger partial charge is 0.328 e. The first-order valence-electron chi connectivity index (χ1n) is 7.57. The molecule has 2 aliphatic carbocycles. The van der Waals surface area contributed by atoms with Gasteiger partial charge in [0.25, 0.3) is 0 Å². The minimum Gasteiger partial charge on any atom is -0.328 e. The second-order valence-corrected chi connectivity index (χ2v) is 6.86. The van der Waals surface area contributed by atoms with Gasteiger partial charge in [-0.25, -0.2) is 0 Å². The van der Waals surface area contributed by atoms with Crippen LogP contribution in [-0.4, -0.2) is 12.1 Å². The lowest BCUT2D eigenvalue weighted by atomic mass is 9.68. The summed E-state index contributed by atoms with van der Waals surface area (Å²) < 4.78 is 0. The minimum atomic E-state index is 0.471. The van der Waals surface area contributed by atoms with Crippen molar-refractivity contribution in [3.63, 3.8) is 0 Å². The van der Waals surface area contributed by atoms with Gasteiger partial charge in [0.1, 0.15) is 0 Å². The Morgan fingerprint density at radius 1 is 0.765 bits per heavy atom. The Hall–Kier alpha value is -0.0800. The van der Waals surface area contributed by atoms with E-state index in [-0.39, 0.29) is 0 Å². The highest BCUT2D eigenvalue weighted by atomic mass is 14.7. The summed E-state index contributed by atoms with van der Waals surface area (Å²) in [6.07, 6.45) is 9.12. The standard InChI is InChI=1S/C15H30N2/c1-10-7-14(16)5-3-12(10)9-13-4-6-15(17)8-11(13)2/h10-15H,3-9,16-17H2,1-2H3/t10-,11+,12-,13+,14-,15-/m0/s1. The first-order chi connectivity index (χ1) is 8.06. The third-order valence-corrected chi connectivity index (χ3v) is 5.38. The summed E-state index contributed by atoms with van der Waals surface area (Å²) in [6.45, 7) is 4.81. The van der Waals surface area contributed by atoms with Crippen molar-refractivity contribution < 1.29 is 0 Å². The van der Waals surface area contributed by atoms with E-state index in [1.807, 2.05) is 0 Å². The molecular weight excluding hydrogens is 208 g/mol. The van der Waals surface area contributed by atoms with Crippen LogP contribution in [-0.2, 0) is 0 Å². The van der Waals surface area contributed by atoms with Crippen molar-refractivity contribution in [3.8, 4) is 0 Å². The molecule has 2 fully saturated rings. The summed E-state index contributed by atoms with van der Waals surface area (Å²) in [4.78, 5) is 0. The third-order valence-electron chi connectivity index (χ3n) is 5.38. The molecule has 4 N–H and O–H groups in total. The first kappa shape index (κ1) is 13.4. The van der Waals surface area contributed by atoms with Crippen LogP contribution in [0.1, 0.15) is 58.8 Å². The Bertz CT molecular complexity index is 217. The van der Waals surface area contributed by atoms with Crippen molar-refractivity contribution >= 4 is 0 Å². The zero-order chi connectivity index (χ0) is 12.4. The Kier molecular flexibility index (Phi) is 4.48. The van der Waals surface area contributed by atoms with E-state index in [1.54, 1.807) is 0 Å². The van der Waals surface area contributed by atoms with Gasteiger partial charge in [0.05, 0.1) is 0 Å². The average molecular weight is 238 g/mol. The summed E-state index contributed by atoms with van der Waals surface area (Å²) in [5.41, 5.74) is 12.1. The van der Waals surface area contributed by atoms with Crippen LogP contribution >= 0.6 is 0 Å². The minimum absolute atomic E-state index is 0.471. The first-order valence-corrected chi connectivity index (χ1v) is 7.57. The molecule has 0 aromatic carbocycles. The Morgan fingerprint density at radius 3 is 1.53 bits per heavy atom. The smallest absolute Gasteiger partial charge is 0.00415 e. The highest BCUT2D eigenvalue weighted by molar-refractivity contribution is 4.85. The summed E-state index contributed by atoms with van der Waals surface area (Å²) in [6, 6.07) is 0.942. The molecule has 0 bridgehead atoms. The number of hydrogen-bond donors (Lipinski definition) is 2. The molecule has 0 spiro atoms. The van der Waals surface area contributed by atoms with Crippen molar-refractivity contribution in [1.82, 2.24) is 0 Å². The molecule has 0 aromatic rings. The van der Waals surface area contributed by atoms with Crippen LogP contribution in [0.25, 0.3) is 0 Å². The fourth-order valence-electron chi connectivity index (χ4n) is 4.09. The van der Waals surface area contributed by atoms with E-state index in [0.29, 0.717) is 12.1 Å². The van der Waals surface area contributed by atoms with Crippen LogP contribution in [0.3, 0.4) is 0 Å². The molecule has 2 nitrogen and oxygen atoms in total. The molecule has 6 atom stereocenters. The van der Waals surface area contributed by atoms with Crippen LogP contribution in [0.4, 0.5) is 0 Å². The maximum Gasteiger partial charge on any atom is 0.00415 e. The number of rotatable bonds is 2. The third kappa shape index (κ3) is 3.45. The predicted octanol–water partition coefficient (Wildman–Crippen LogP) is 2.90. The highest BCUT2D eigenvalue weighted by Gasteiger charge is 2.32. The van der Waals surface area contributed by atoms with E-state index in [2.05, 4.69) is 13.8 Å². The Morgan fingerprint density at radius 2 is 1.18 bits per heavy atom. The van der Waals surface area contributed by atoms with Gasteiger partial charge in [-0.05, 0) is 68.6 Å². The van der Waals surface area contributed by atoms with Crippen LogP contribution in [0.5, 0.6) is 0 Å². The van der Waals surface area contributed by atoms with Gasteiger partial charge in [0.15, 0.2) is 0 Å². The monoisotopic (exact) mass is 238 g/mol. The van der Waals surface area contributed by atoms with E-state index < -0.39 is 0 Å². The average Bonchev–Trinajstić information content (AvgIpc) is 2.25. The molecule has 0 saturated heterocycles. The molecular formula is C15H30N2. The van der Waals surface area contributed by atoms with E-state index in [9.17, 15) is 0 Å². The van der Waals surface area contributed by atoms with E-state index >= 15 is 0 Å². The molecule has 2 aliphatic rings. The second kappa shape index (κ2) is 5.71. The quantitative estimate of drug-likeness (QED) is 0.777. The summed E-state index contributed by atoms with van der Waals surface area (Å²) in [7, 11) is 0. The van der Waals surface area contributed by atoms with Crippen molar-refractivity contribution in [1.29, 1.82) is 0 Å². The number of nitrogens with two attached hydrogens (primary N) is 2. The van der Waals surface area contributed by atoms with Gasteiger partial charge in [0.2, 0.25) is 0 Å². The summed E-state index contributed by atoms with van der Waals surface area (Å²) in [5.74, 6) is 3.52. The van der Waals surface area contributed by atoms with Crippen LogP contribution in [0.2, 0.25) is 0 Å². The fraction of sp³-hybridized carbons (Fsp3) is 1.00. The molecule has 0 radical (unpaired) electrons. The molecule has 2 saturated carbocycles. The van der Waals surface area contributed by atoms with Gasteiger partial charge in [-0.2, -0.15) is 0 Å². The lowest BCUT2D eigenvalue weighted by Gasteiger charge is -2.39. The predicted molar refractivity (Wildman–Crippen MR) is 73.6 cm³/mol. The van der Waals surface area contributed by atoms with Gasteiger partial charge >= 0.3 is 0 Å². The van der Waals surface area contributed by atoms with Crippen molar-refractivity contribution in [3.05, 3.63) is 0 Å². The molecule has 2 rings (SSSR count). The Labute approximate surface area is 107 Å². The SMILES string of the molecule is C[C@@H]1C[C@@H](N)CC[C@@H]1C[C@@H]1CC[C@H](N)C[C@@H]1C. The zero-order valence-corrected chi connectivity index (χ0v) is 11.6. The van der Waals surface area contributed by atoms with E-state index in [0.717, 1.165) is 23.7 Å². The van der Waals surface area contributed by atoms with Crippen LogP contribution < -0.4 is 11.5 Å². The second-order valence-electron chi connectivity index (χ2n) is 6.86. The summed E-state index contributed by atoms with van der Waals surface area (Å²) in [5, 5.41) is 0. The molecule has 0 aliphatic heterocycles. The van der Waals surface area contributed by atoms with Crippen LogP contribution in [0, 0.1) is 23.7 Å². The lowest BCUT2D eigenvalue weighted by molar-refractivity contribution is 0.139. The molecule has 0 unspecified atom stereocenters. The van der Waals surface area contributed by atoms with E-state index in [1.165, 1.54) is 44.9 Å². The maximum atomic E-state index is 6.05. The number of hydrogen-bond acceptors (Lipinski definition) is 2. The van der Waals surface area contributed by atoms with Crippen molar-refractivity contribution in [2.24, 2.45) is 35.1 Å². The summed E-state index contributed by atoms with van der Waals surface area (Å²) >= 11 is 0. The molecule has 0 amide bonds. The highest BCUT2D eigenvalue weighted by Crippen LogP contribution is 2.39. The fourth-order valence-corrected chi connectivity index (χ4v) is 4.09. The van der Waals surface area contributed by atoms with Gasteiger partial charge < -0.3 is 11.5 Å². The van der Waals surface area contributed by atoms with E-state index in [4.69, 9.17) is 11.5 Å². The molecule has 0 aromatic heterocycles. The zero-order valence-electron chi connectivity index (χ0n) is 11.6. The van der Waals surface area contributed by atoms with Gasteiger partial charge in [0, 0.05) is 12.1 Å². The van der Waals surface area contributed by atoms with Crippen molar-refractivity contribution in [2.75, 3.05) is 0 Å². The molecule has 100 valence electrons. The molecule has 0 heterocycles. The maximum absolute atomic E-state index is 6.05. The van der Waals surface area contributed by atoms with Gasteiger partial charge in [-0.15, -0.1) is 0 Å². The Balaban J connectivity index is 1.84. The van der Waals surface area contributed by atoms with Gasteiger partial charge in [-0.3, -0.25) is 0 Å². The molecule has 2 heteroatoms. The van der Waals surface area contributed by atoms with Crippen LogP contribution in [0.15, 0.2) is 0 Å². The molecule has 17 heavy (non-hydrogen) atoms. The van der Waals surface area contributed by atoms with Crippen molar-refractivity contribution in [2.45, 2.75) is 70.9 Å². The lowest BCUT2D eigenvalue weighted by Crippen LogP contribution is -2.36. The van der Waals surface area contributed by atoms with Gasteiger partial charge in [-0.1, -0.05) is 13.8 Å².